The van der Waals surface area contributed by atoms with Gasteiger partial charge in [0, 0.05) is 46.3 Å². The number of likely N-dealkylation sites (N-methyl/N-ethyl adjacent to an activating group) is 1. The van der Waals surface area contributed by atoms with E-state index in [1.807, 2.05) is 48.5 Å². The monoisotopic (exact) mass is 556 g/mol. The van der Waals surface area contributed by atoms with Crippen LogP contribution >= 0.6 is 24.0 Å². The Morgan fingerprint density at radius 2 is 1.81 bits per heavy atom. The third-order valence-electron chi connectivity index (χ3n) is 5.01. The maximum atomic E-state index is 9.73. The molecule has 0 aliphatic rings. The van der Waals surface area contributed by atoms with Crippen LogP contribution in [-0.4, -0.2) is 76.6 Å². The summed E-state index contributed by atoms with van der Waals surface area (Å²) in [6.07, 6.45) is 0. The van der Waals surface area contributed by atoms with Gasteiger partial charge < -0.3 is 30.1 Å². The summed E-state index contributed by atoms with van der Waals surface area (Å²) in [5, 5.41) is 16.3. The lowest BCUT2D eigenvalue weighted by molar-refractivity contribution is 0.150. The van der Waals surface area contributed by atoms with Gasteiger partial charge in [0.15, 0.2) is 5.96 Å². The molecule has 1 unspecified atom stereocenters. The topological polar surface area (TPSA) is 78.4 Å². The Morgan fingerprint density at radius 1 is 1.06 bits per heavy atom. The van der Waals surface area contributed by atoms with Crippen molar-refractivity contribution < 1.29 is 14.6 Å². The van der Waals surface area contributed by atoms with Crippen molar-refractivity contribution in [3.63, 3.8) is 0 Å². The van der Waals surface area contributed by atoms with Crippen LogP contribution in [0, 0.1) is 0 Å². The number of hydrogen-bond acceptors (Lipinski definition) is 5. The number of nitrogens with one attached hydrogen (secondary N) is 2. The highest BCUT2D eigenvalue weighted by Crippen LogP contribution is 2.14. The molecule has 0 saturated carbocycles. The molecule has 0 radical (unpaired) electrons. The number of aliphatic imine (C=N–C) groups is 1. The first kappa shape index (κ1) is 28.2. The maximum Gasteiger partial charge on any atom is 0.191 e. The average Bonchev–Trinajstić information content (AvgIpc) is 2.81. The highest BCUT2D eigenvalue weighted by molar-refractivity contribution is 14.0. The minimum atomic E-state index is 0. The SMILES string of the molecule is CN=C(NCc1cccc(OCCN(C)CCOC)c1)NCC(CO)c1ccccc1.I. The van der Waals surface area contributed by atoms with Crippen LogP contribution in [-0.2, 0) is 11.3 Å². The van der Waals surface area contributed by atoms with E-state index in [9.17, 15) is 5.11 Å². The van der Waals surface area contributed by atoms with Crippen molar-refractivity contribution in [2.75, 3.05) is 60.7 Å². The van der Waals surface area contributed by atoms with Crippen LogP contribution in [0.3, 0.4) is 0 Å². The van der Waals surface area contributed by atoms with Gasteiger partial charge in [-0.1, -0.05) is 42.5 Å². The molecule has 3 N–H and O–H groups in total. The van der Waals surface area contributed by atoms with Crippen LogP contribution in [0.15, 0.2) is 59.6 Å². The van der Waals surface area contributed by atoms with E-state index in [1.54, 1.807) is 14.2 Å². The highest BCUT2D eigenvalue weighted by atomic mass is 127. The van der Waals surface area contributed by atoms with Gasteiger partial charge in [0.05, 0.1) is 13.2 Å². The van der Waals surface area contributed by atoms with E-state index in [2.05, 4.69) is 33.6 Å². The number of guanidine groups is 1. The second-order valence-corrected chi connectivity index (χ2v) is 7.39. The van der Waals surface area contributed by atoms with Gasteiger partial charge in [-0.15, -0.1) is 24.0 Å². The van der Waals surface area contributed by atoms with Crippen molar-refractivity contribution in [3.8, 4) is 5.75 Å². The van der Waals surface area contributed by atoms with E-state index >= 15 is 0 Å². The first-order valence-electron chi connectivity index (χ1n) is 10.7. The van der Waals surface area contributed by atoms with Crippen LogP contribution < -0.4 is 15.4 Å². The number of nitrogens with zero attached hydrogens (tertiary/aromatic N) is 2. The first-order valence-corrected chi connectivity index (χ1v) is 10.7. The van der Waals surface area contributed by atoms with E-state index in [0.717, 1.165) is 36.6 Å². The Balaban J connectivity index is 0.00000512. The standard InChI is InChI=1S/C24H36N4O3.HI/c1-25-24(27-18-22(19-29)21-9-5-4-6-10-21)26-17-20-8-7-11-23(16-20)31-15-13-28(2)12-14-30-3;/h4-11,16,22,29H,12-15,17-19H2,1-3H3,(H2,25,26,27);1H. The zero-order valence-electron chi connectivity index (χ0n) is 19.3. The van der Waals surface area contributed by atoms with Crippen molar-refractivity contribution >= 4 is 29.9 Å². The number of aliphatic hydroxyl groups excluding tert-OH is 1. The largest absolute Gasteiger partial charge is 0.492 e. The summed E-state index contributed by atoms with van der Waals surface area (Å²) in [5.74, 6) is 1.56. The molecule has 7 nitrogen and oxygen atoms in total. The smallest absolute Gasteiger partial charge is 0.191 e. The Labute approximate surface area is 209 Å². The normalized spacial score (nSPS) is 12.2. The minimum Gasteiger partial charge on any atom is -0.492 e. The van der Waals surface area contributed by atoms with Crippen molar-refractivity contribution in [1.29, 1.82) is 0 Å². The summed E-state index contributed by atoms with van der Waals surface area (Å²) in [7, 11) is 5.51. The number of benzene rings is 2. The van der Waals surface area contributed by atoms with Crippen LogP contribution in [0.1, 0.15) is 17.0 Å². The van der Waals surface area contributed by atoms with E-state index in [0.29, 0.717) is 25.7 Å². The fraction of sp³-hybridized carbons (Fsp3) is 0.458. The second kappa shape index (κ2) is 16.7. The van der Waals surface area contributed by atoms with Gasteiger partial charge >= 0.3 is 0 Å². The van der Waals surface area contributed by atoms with Gasteiger partial charge in [0.1, 0.15) is 12.4 Å². The summed E-state index contributed by atoms with van der Waals surface area (Å²) in [5.41, 5.74) is 2.21. The number of hydrogen-bond donors (Lipinski definition) is 3. The van der Waals surface area contributed by atoms with Crippen molar-refractivity contribution in [1.82, 2.24) is 15.5 Å². The Morgan fingerprint density at radius 3 is 2.50 bits per heavy atom. The number of ether oxygens (including phenoxy) is 2. The fourth-order valence-corrected chi connectivity index (χ4v) is 3.06. The van der Waals surface area contributed by atoms with Crippen LogP contribution in [0.25, 0.3) is 0 Å². The fourth-order valence-electron chi connectivity index (χ4n) is 3.06. The van der Waals surface area contributed by atoms with Crippen LogP contribution in [0.4, 0.5) is 0 Å². The molecule has 1 atom stereocenters. The molecular weight excluding hydrogens is 519 g/mol. The van der Waals surface area contributed by atoms with Crippen molar-refractivity contribution in [2.24, 2.45) is 4.99 Å². The Hall–Kier alpha value is -1.88. The average molecular weight is 556 g/mol. The quantitative estimate of drug-likeness (QED) is 0.200. The summed E-state index contributed by atoms with van der Waals surface area (Å²) in [6.45, 7) is 4.38. The van der Waals surface area contributed by atoms with Crippen molar-refractivity contribution in [3.05, 3.63) is 65.7 Å². The Kier molecular flexibility index (Phi) is 14.7. The molecule has 0 aliphatic carbocycles. The summed E-state index contributed by atoms with van der Waals surface area (Å²) < 4.78 is 11.0. The minimum absolute atomic E-state index is 0. The molecule has 178 valence electrons. The molecule has 0 bridgehead atoms. The van der Waals surface area contributed by atoms with Crippen LogP contribution in [0.2, 0.25) is 0 Å². The molecule has 0 spiro atoms. The summed E-state index contributed by atoms with van der Waals surface area (Å²) >= 11 is 0. The predicted molar refractivity (Wildman–Crippen MR) is 141 cm³/mol. The predicted octanol–water partition coefficient (Wildman–Crippen LogP) is 2.70. The molecule has 0 amide bonds. The zero-order valence-corrected chi connectivity index (χ0v) is 21.6. The number of methoxy groups -OCH3 is 1. The molecule has 2 rings (SSSR count). The molecule has 0 aliphatic heterocycles. The third-order valence-corrected chi connectivity index (χ3v) is 5.01. The molecule has 32 heavy (non-hydrogen) atoms. The molecule has 0 saturated heterocycles. The third kappa shape index (κ3) is 10.6. The van der Waals surface area contributed by atoms with Gasteiger partial charge in [-0.25, -0.2) is 0 Å². The van der Waals surface area contributed by atoms with Gasteiger partial charge in [-0.2, -0.15) is 0 Å². The lowest BCUT2D eigenvalue weighted by atomic mass is 10.0. The summed E-state index contributed by atoms with van der Waals surface area (Å²) in [4.78, 5) is 6.46. The lowest BCUT2D eigenvalue weighted by Gasteiger charge is -2.18. The maximum absolute atomic E-state index is 9.73. The van der Waals surface area contributed by atoms with Gasteiger partial charge in [-0.3, -0.25) is 4.99 Å². The van der Waals surface area contributed by atoms with Gasteiger partial charge in [0.2, 0.25) is 0 Å². The van der Waals surface area contributed by atoms with Crippen LogP contribution in [0.5, 0.6) is 5.75 Å². The highest BCUT2D eigenvalue weighted by Gasteiger charge is 2.11. The molecule has 0 aromatic heterocycles. The van der Waals surface area contributed by atoms with Gasteiger partial charge in [0.25, 0.3) is 0 Å². The molecule has 2 aromatic carbocycles. The summed E-state index contributed by atoms with van der Waals surface area (Å²) in [6, 6.07) is 18.1. The molecule has 2 aromatic rings. The van der Waals surface area contributed by atoms with Gasteiger partial charge in [-0.05, 0) is 30.3 Å². The number of rotatable bonds is 13. The van der Waals surface area contributed by atoms with E-state index in [1.165, 1.54) is 0 Å². The van der Waals surface area contributed by atoms with E-state index < -0.39 is 0 Å². The molecular formula is C24H37IN4O3. The number of halogens is 1. The molecule has 8 heteroatoms. The second-order valence-electron chi connectivity index (χ2n) is 7.39. The van der Waals surface area contributed by atoms with E-state index in [-0.39, 0.29) is 36.5 Å². The Bertz CT molecular complexity index is 777. The first-order chi connectivity index (χ1) is 15.2. The molecule has 0 heterocycles. The molecule has 0 fully saturated rings. The van der Waals surface area contributed by atoms with E-state index in [4.69, 9.17) is 9.47 Å². The zero-order chi connectivity index (χ0) is 22.3. The number of aliphatic hydroxyl groups is 1. The lowest BCUT2D eigenvalue weighted by Crippen LogP contribution is -2.39. The van der Waals surface area contributed by atoms with Crippen molar-refractivity contribution in [2.45, 2.75) is 12.5 Å².